The van der Waals surface area contributed by atoms with E-state index in [1.165, 1.54) is 0 Å². The summed E-state index contributed by atoms with van der Waals surface area (Å²) in [4.78, 5) is 12.5. The Morgan fingerprint density at radius 2 is 2.20 bits per heavy atom. The Hall–Kier alpha value is -1.93. The number of hydrogen-bond acceptors (Lipinski definition) is 4. The lowest BCUT2D eigenvalue weighted by Crippen LogP contribution is -2.56. The van der Waals surface area contributed by atoms with E-state index in [0.29, 0.717) is 29.7 Å². The number of benzene rings is 1. The molecule has 3 rings (SSSR count). The van der Waals surface area contributed by atoms with E-state index in [0.717, 1.165) is 24.9 Å². The molecular formula is C19H24ClN3O2. The van der Waals surface area contributed by atoms with E-state index >= 15 is 0 Å². The summed E-state index contributed by atoms with van der Waals surface area (Å²) in [6.07, 6.45) is 2.81. The van der Waals surface area contributed by atoms with Crippen molar-refractivity contribution in [3.05, 3.63) is 23.8 Å². The van der Waals surface area contributed by atoms with Gasteiger partial charge in [-0.15, -0.1) is 11.6 Å². The van der Waals surface area contributed by atoms with E-state index < -0.39 is 0 Å². The highest BCUT2D eigenvalue weighted by atomic mass is 35.5. The van der Waals surface area contributed by atoms with Crippen LogP contribution in [-0.2, 0) is 4.79 Å². The van der Waals surface area contributed by atoms with Crippen molar-refractivity contribution < 1.29 is 9.53 Å². The number of halogens is 1. The lowest BCUT2D eigenvalue weighted by molar-refractivity contribution is -0.130. The lowest BCUT2D eigenvalue weighted by atomic mass is 9.71. The van der Waals surface area contributed by atoms with Crippen LogP contribution < -0.4 is 15.4 Å². The van der Waals surface area contributed by atoms with Crippen LogP contribution in [0, 0.1) is 29.1 Å². The molecule has 0 radical (unpaired) electrons. The van der Waals surface area contributed by atoms with Gasteiger partial charge in [0.1, 0.15) is 11.8 Å². The molecule has 1 saturated heterocycles. The number of fused-ring (bicyclic) bond motifs is 1. The summed E-state index contributed by atoms with van der Waals surface area (Å²) in [5.41, 5.74) is 1.34. The molecule has 1 aliphatic heterocycles. The molecule has 2 N–H and O–H groups in total. The summed E-state index contributed by atoms with van der Waals surface area (Å²) in [6, 6.07) is 7.70. The Kier molecular flexibility index (Phi) is 5.39. The second-order valence-electron chi connectivity index (χ2n) is 7.18. The first-order chi connectivity index (χ1) is 12.0. The van der Waals surface area contributed by atoms with Crippen molar-refractivity contribution in [1.82, 2.24) is 5.32 Å². The Balaban J connectivity index is 1.64. The molecular weight excluding hydrogens is 338 g/mol. The first kappa shape index (κ1) is 17.9. The molecule has 5 atom stereocenters. The lowest BCUT2D eigenvalue weighted by Gasteiger charge is -2.44. The van der Waals surface area contributed by atoms with E-state index in [9.17, 15) is 4.79 Å². The maximum absolute atomic E-state index is 12.5. The fourth-order valence-electron chi connectivity index (χ4n) is 4.15. The number of carbonyl (C=O) groups is 1. The fraction of sp³-hybridized carbons (Fsp3) is 0.579. The molecule has 6 heteroatoms. The van der Waals surface area contributed by atoms with Gasteiger partial charge in [0.25, 0.3) is 0 Å². The summed E-state index contributed by atoms with van der Waals surface area (Å²) in [5, 5.41) is 15.8. The largest absolute Gasteiger partial charge is 0.495 e. The molecule has 134 valence electrons. The Morgan fingerprint density at radius 1 is 1.40 bits per heavy atom. The molecule has 1 aliphatic carbocycles. The highest BCUT2D eigenvalue weighted by Crippen LogP contribution is 2.38. The van der Waals surface area contributed by atoms with Crippen molar-refractivity contribution in [3.8, 4) is 11.8 Å². The SMILES string of the molecule is COc1cc(NCC2CC3CC(Cl)CC(C)C3NC2=O)ccc1C#N. The zero-order chi connectivity index (χ0) is 18.0. The molecule has 0 bridgehead atoms. The highest BCUT2D eigenvalue weighted by Gasteiger charge is 2.42. The first-order valence-electron chi connectivity index (χ1n) is 8.78. The summed E-state index contributed by atoms with van der Waals surface area (Å²) >= 11 is 6.38. The smallest absolute Gasteiger partial charge is 0.225 e. The van der Waals surface area contributed by atoms with Gasteiger partial charge in [-0.2, -0.15) is 5.26 Å². The summed E-state index contributed by atoms with van der Waals surface area (Å²) < 4.78 is 5.23. The van der Waals surface area contributed by atoms with E-state index in [2.05, 4.69) is 23.6 Å². The number of rotatable bonds is 4. The molecule has 5 unspecified atom stereocenters. The zero-order valence-corrected chi connectivity index (χ0v) is 15.3. The van der Waals surface area contributed by atoms with E-state index in [-0.39, 0.29) is 23.2 Å². The van der Waals surface area contributed by atoms with E-state index in [4.69, 9.17) is 21.6 Å². The number of nitrogens with one attached hydrogen (secondary N) is 2. The predicted molar refractivity (Wildman–Crippen MR) is 97.8 cm³/mol. The zero-order valence-electron chi connectivity index (χ0n) is 14.6. The second-order valence-corrected chi connectivity index (χ2v) is 7.80. The van der Waals surface area contributed by atoms with Gasteiger partial charge in [-0.1, -0.05) is 6.92 Å². The minimum absolute atomic E-state index is 0.0722. The minimum Gasteiger partial charge on any atom is -0.495 e. The van der Waals surface area contributed by atoms with Gasteiger partial charge in [0.05, 0.1) is 18.6 Å². The maximum Gasteiger partial charge on any atom is 0.225 e. The van der Waals surface area contributed by atoms with Gasteiger partial charge in [-0.05, 0) is 43.2 Å². The number of anilines is 1. The molecule has 0 aromatic heterocycles. The number of methoxy groups -OCH3 is 1. The number of alkyl halides is 1. The van der Waals surface area contributed by atoms with Crippen LogP contribution in [0.15, 0.2) is 18.2 Å². The molecule has 1 saturated carbocycles. The summed E-state index contributed by atoms with van der Waals surface area (Å²) in [7, 11) is 1.54. The van der Waals surface area contributed by atoms with Crippen LogP contribution >= 0.6 is 11.6 Å². The third-order valence-corrected chi connectivity index (χ3v) is 5.80. The van der Waals surface area contributed by atoms with Crippen LogP contribution in [-0.4, -0.2) is 31.0 Å². The van der Waals surface area contributed by atoms with Crippen LogP contribution in [0.2, 0.25) is 0 Å². The van der Waals surface area contributed by atoms with Crippen molar-refractivity contribution in [2.45, 2.75) is 37.6 Å². The topological polar surface area (TPSA) is 74.2 Å². The second kappa shape index (κ2) is 7.53. The highest BCUT2D eigenvalue weighted by molar-refractivity contribution is 6.20. The maximum atomic E-state index is 12.5. The van der Waals surface area contributed by atoms with Gasteiger partial charge in [0.2, 0.25) is 5.91 Å². The van der Waals surface area contributed by atoms with Crippen molar-refractivity contribution in [3.63, 3.8) is 0 Å². The average molecular weight is 362 g/mol. The monoisotopic (exact) mass is 361 g/mol. The standard InChI is InChI=1S/C19H24ClN3O2/c1-11-5-15(20)7-13-6-14(19(24)23-18(11)13)10-22-16-4-3-12(9-21)17(8-16)25-2/h3-4,8,11,13-15,18,22H,5-7,10H2,1-2H3,(H,23,24). The van der Waals surface area contributed by atoms with Crippen LogP contribution in [0.4, 0.5) is 5.69 Å². The molecule has 1 aromatic rings. The van der Waals surface area contributed by atoms with Gasteiger partial charge in [0.15, 0.2) is 0 Å². The number of amides is 1. The van der Waals surface area contributed by atoms with Crippen molar-refractivity contribution in [2.75, 3.05) is 19.0 Å². The third kappa shape index (κ3) is 3.85. The average Bonchev–Trinajstić information content (AvgIpc) is 2.60. The Bertz CT molecular complexity index is 688. The van der Waals surface area contributed by atoms with Gasteiger partial charge in [-0.3, -0.25) is 4.79 Å². The van der Waals surface area contributed by atoms with Crippen molar-refractivity contribution in [1.29, 1.82) is 5.26 Å². The number of nitriles is 1. The Labute approximate surface area is 153 Å². The summed E-state index contributed by atoms with van der Waals surface area (Å²) in [6.45, 7) is 2.74. The molecule has 0 spiro atoms. The number of ether oxygens (including phenoxy) is 1. The molecule has 1 amide bonds. The normalized spacial score (nSPS) is 31.4. The van der Waals surface area contributed by atoms with Gasteiger partial charge >= 0.3 is 0 Å². The third-order valence-electron chi connectivity index (χ3n) is 5.45. The van der Waals surface area contributed by atoms with Crippen LogP contribution in [0.25, 0.3) is 0 Å². The fourth-order valence-corrected chi connectivity index (χ4v) is 4.66. The number of piperidine rings is 1. The molecule has 25 heavy (non-hydrogen) atoms. The molecule has 1 aromatic carbocycles. The van der Waals surface area contributed by atoms with Crippen LogP contribution in [0.1, 0.15) is 31.7 Å². The van der Waals surface area contributed by atoms with Crippen LogP contribution in [0.5, 0.6) is 5.75 Å². The minimum atomic E-state index is -0.0722. The molecule has 5 nitrogen and oxygen atoms in total. The van der Waals surface area contributed by atoms with Gasteiger partial charge < -0.3 is 15.4 Å². The number of carbonyl (C=O) groups excluding carboxylic acids is 1. The summed E-state index contributed by atoms with van der Waals surface area (Å²) in [5.74, 6) is 1.46. The van der Waals surface area contributed by atoms with Crippen molar-refractivity contribution in [2.24, 2.45) is 17.8 Å². The predicted octanol–water partition coefficient (Wildman–Crippen LogP) is 3.14. The number of nitrogens with zero attached hydrogens (tertiary/aromatic N) is 1. The van der Waals surface area contributed by atoms with E-state index in [1.54, 1.807) is 19.2 Å². The molecule has 2 fully saturated rings. The number of hydrogen-bond donors (Lipinski definition) is 2. The van der Waals surface area contributed by atoms with Crippen LogP contribution in [0.3, 0.4) is 0 Å². The quantitative estimate of drug-likeness (QED) is 0.808. The first-order valence-corrected chi connectivity index (χ1v) is 9.22. The van der Waals surface area contributed by atoms with Gasteiger partial charge in [0, 0.05) is 29.7 Å². The van der Waals surface area contributed by atoms with Gasteiger partial charge in [-0.25, -0.2) is 0 Å². The molecule has 1 heterocycles. The van der Waals surface area contributed by atoms with Crippen molar-refractivity contribution >= 4 is 23.2 Å². The van der Waals surface area contributed by atoms with E-state index in [1.807, 2.05) is 6.07 Å². The Morgan fingerprint density at radius 3 is 2.92 bits per heavy atom. The molecule has 2 aliphatic rings.